The molecule has 0 fully saturated rings. The molecule has 0 saturated heterocycles. The molecule has 0 amide bonds. The maximum Gasteiger partial charge on any atom is 0.124 e. The number of hydrogen-bond acceptors (Lipinski definition) is 2. The third kappa shape index (κ3) is 2.15. The van der Waals surface area contributed by atoms with Crippen molar-refractivity contribution in [1.82, 2.24) is 0 Å². The molecule has 4 heteroatoms. The predicted octanol–water partition coefficient (Wildman–Crippen LogP) is 1.87. The fourth-order valence-corrected chi connectivity index (χ4v) is 0.950. The van der Waals surface area contributed by atoms with Gasteiger partial charge >= 0.3 is 0 Å². The van der Waals surface area contributed by atoms with Gasteiger partial charge in [0.25, 0.3) is 0 Å². The molecular weight excluding hydrogens is 169 g/mol. The zero-order valence-electron chi connectivity index (χ0n) is 5.68. The molecule has 1 aromatic rings. The first-order valence-electron chi connectivity index (χ1n) is 2.99. The number of benzene rings is 1. The molecule has 0 aliphatic rings. The summed E-state index contributed by atoms with van der Waals surface area (Å²) in [7, 11) is 0. The maximum absolute atomic E-state index is 12.4. The molecule has 11 heavy (non-hydrogen) atoms. The van der Waals surface area contributed by atoms with Crippen LogP contribution in [-0.4, -0.2) is 0 Å². The Labute approximate surface area is 68.7 Å². The van der Waals surface area contributed by atoms with Gasteiger partial charge in [-0.1, -0.05) is 17.7 Å². The van der Waals surface area contributed by atoms with E-state index in [-0.39, 0.29) is 12.4 Å². The molecule has 0 saturated carbocycles. The summed E-state index contributed by atoms with van der Waals surface area (Å²) in [6, 6.07) is 4.06. The molecule has 2 nitrogen and oxygen atoms in total. The van der Waals surface area contributed by atoms with E-state index in [0.717, 1.165) is 0 Å². The second-order valence-electron chi connectivity index (χ2n) is 2.05. The Morgan fingerprint density at radius 1 is 1.55 bits per heavy atom. The van der Waals surface area contributed by atoms with Crippen LogP contribution in [0.1, 0.15) is 5.56 Å². The summed E-state index contributed by atoms with van der Waals surface area (Å²) < 4.78 is 12.4. The fraction of sp³-hybridized carbons (Fsp3) is 0.143. The third-order valence-electron chi connectivity index (χ3n) is 1.25. The summed E-state index contributed by atoms with van der Waals surface area (Å²) in [4.78, 5) is 4.34. The van der Waals surface area contributed by atoms with E-state index in [1.807, 2.05) is 0 Å². The van der Waals surface area contributed by atoms with Gasteiger partial charge in [-0.25, -0.2) is 10.3 Å². The summed E-state index contributed by atoms with van der Waals surface area (Å²) in [5.41, 5.74) is 0.676. The molecule has 0 spiro atoms. The lowest BCUT2D eigenvalue weighted by Gasteiger charge is -2.00. The van der Waals surface area contributed by atoms with Crippen LogP contribution >= 0.6 is 11.6 Å². The van der Waals surface area contributed by atoms with Gasteiger partial charge in [-0.15, -0.1) is 0 Å². The van der Waals surface area contributed by atoms with E-state index < -0.39 is 0 Å². The predicted molar refractivity (Wildman–Crippen MR) is 40.4 cm³/mol. The summed E-state index contributed by atoms with van der Waals surface area (Å²) in [5, 5.41) is 0.329. The molecule has 0 aromatic heterocycles. The van der Waals surface area contributed by atoms with Gasteiger partial charge in [0, 0.05) is 5.02 Å². The topological polar surface area (TPSA) is 35.2 Å². The van der Waals surface area contributed by atoms with E-state index in [0.29, 0.717) is 10.6 Å². The monoisotopic (exact) mass is 175 g/mol. The Bertz CT molecular complexity index is 254. The minimum atomic E-state index is -0.365. The van der Waals surface area contributed by atoms with Crippen LogP contribution in [0.25, 0.3) is 0 Å². The van der Waals surface area contributed by atoms with E-state index in [1.165, 1.54) is 18.2 Å². The lowest BCUT2D eigenvalue weighted by Crippen LogP contribution is -1.99. The third-order valence-corrected chi connectivity index (χ3v) is 1.61. The van der Waals surface area contributed by atoms with Gasteiger partial charge in [-0.05, 0) is 17.7 Å². The van der Waals surface area contributed by atoms with Crippen LogP contribution in [0.5, 0.6) is 0 Å². The van der Waals surface area contributed by atoms with Crippen LogP contribution in [0.15, 0.2) is 18.2 Å². The van der Waals surface area contributed by atoms with Gasteiger partial charge < -0.3 is 0 Å². The van der Waals surface area contributed by atoms with E-state index >= 15 is 0 Å². The summed E-state index contributed by atoms with van der Waals surface area (Å²) in [6.07, 6.45) is 0. The summed E-state index contributed by atoms with van der Waals surface area (Å²) >= 11 is 5.63. The van der Waals surface area contributed by atoms with Crippen molar-refractivity contribution in [3.8, 4) is 0 Å². The highest BCUT2D eigenvalue weighted by Crippen LogP contribution is 2.17. The molecule has 0 aliphatic heterocycles. The summed E-state index contributed by atoms with van der Waals surface area (Å²) in [6.45, 7) is 0.194. The van der Waals surface area contributed by atoms with Crippen LogP contribution in [0, 0.1) is 5.82 Å². The highest BCUT2D eigenvalue weighted by atomic mass is 35.5. The van der Waals surface area contributed by atoms with Crippen LogP contribution in [0.2, 0.25) is 5.02 Å². The van der Waals surface area contributed by atoms with Gasteiger partial charge in [-0.3, -0.25) is 4.84 Å². The van der Waals surface area contributed by atoms with Crippen molar-refractivity contribution in [1.29, 1.82) is 0 Å². The molecule has 1 aromatic carbocycles. The molecule has 2 N–H and O–H groups in total. The van der Waals surface area contributed by atoms with Crippen molar-refractivity contribution in [3.63, 3.8) is 0 Å². The molecule has 0 atom stereocenters. The maximum atomic E-state index is 12.4. The van der Waals surface area contributed by atoms with E-state index in [1.54, 1.807) is 0 Å². The minimum absolute atomic E-state index is 0.194. The van der Waals surface area contributed by atoms with Gasteiger partial charge in [0.05, 0.1) is 6.61 Å². The van der Waals surface area contributed by atoms with Gasteiger partial charge in [0.1, 0.15) is 5.82 Å². The van der Waals surface area contributed by atoms with Gasteiger partial charge in [0.2, 0.25) is 0 Å². The molecule has 0 aliphatic carbocycles. The first-order chi connectivity index (χ1) is 5.24. The molecule has 0 bridgehead atoms. The van der Waals surface area contributed by atoms with Crippen LogP contribution in [0.4, 0.5) is 4.39 Å². The average Bonchev–Trinajstić information content (AvgIpc) is 1.95. The second kappa shape index (κ2) is 3.67. The van der Waals surface area contributed by atoms with Crippen molar-refractivity contribution in [2.75, 3.05) is 0 Å². The van der Waals surface area contributed by atoms with Crippen LogP contribution in [-0.2, 0) is 11.4 Å². The molecule has 1 rings (SSSR count). The zero-order chi connectivity index (χ0) is 8.27. The molecule has 0 heterocycles. The largest absolute Gasteiger partial charge is 0.300 e. The fourth-order valence-electron chi connectivity index (χ4n) is 0.729. The molecule has 60 valence electrons. The van der Waals surface area contributed by atoms with Crippen LogP contribution < -0.4 is 5.90 Å². The standard InChI is InChI=1S/C7H7ClFNO/c8-7-3-6(9)2-1-5(7)4-11-10/h1-3H,4,10H2. The smallest absolute Gasteiger partial charge is 0.124 e. The number of hydrogen-bond donors (Lipinski definition) is 1. The van der Waals surface area contributed by atoms with E-state index in [2.05, 4.69) is 4.84 Å². The normalized spacial score (nSPS) is 10.1. The van der Waals surface area contributed by atoms with Crippen molar-refractivity contribution in [3.05, 3.63) is 34.6 Å². The number of halogens is 2. The molecule has 0 radical (unpaired) electrons. The first kappa shape index (κ1) is 8.46. The number of nitrogens with two attached hydrogens (primary N) is 1. The highest BCUT2D eigenvalue weighted by molar-refractivity contribution is 6.31. The lowest BCUT2D eigenvalue weighted by atomic mass is 10.2. The van der Waals surface area contributed by atoms with E-state index in [4.69, 9.17) is 17.5 Å². The zero-order valence-corrected chi connectivity index (χ0v) is 6.44. The quantitative estimate of drug-likeness (QED) is 0.697. The lowest BCUT2D eigenvalue weighted by molar-refractivity contribution is 0.124. The molecular formula is C7H7ClFNO. The highest BCUT2D eigenvalue weighted by Gasteiger charge is 2.00. The average molecular weight is 176 g/mol. The van der Waals surface area contributed by atoms with E-state index in [9.17, 15) is 4.39 Å². The Hall–Kier alpha value is -0.640. The van der Waals surface area contributed by atoms with Crippen molar-refractivity contribution < 1.29 is 9.23 Å². The Balaban J connectivity index is 2.90. The van der Waals surface area contributed by atoms with Crippen molar-refractivity contribution in [2.45, 2.75) is 6.61 Å². The Morgan fingerprint density at radius 2 is 2.27 bits per heavy atom. The Morgan fingerprint density at radius 3 is 2.82 bits per heavy atom. The van der Waals surface area contributed by atoms with Crippen LogP contribution in [0.3, 0.4) is 0 Å². The second-order valence-corrected chi connectivity index (χ2v) is 2.45. The molecule has 0 unspecified atom stereocenters. The van der Waals surface area contributed by atoms with Gasteiger partial charge in [-0.2, -0.15) is 0 Å². The van der Waals surface area contributed by atoms with Crippen molar-refractivity contribution >= 4 is 11.6 Å². The van der Waals surface area contributed by atoms with Crippen molar-refractivity contribution in [2.24, 2.45) is 5.90 Å². The minimum Gasteiger partial charge on any atom is -0.300 e. The Kier molecular flexibility index (Phi) is 2.82. The number of rotatable bonds is 2. The van der Waals surface area contributed by atoms with Gasteiger partial charge in [0.15, 0.2) is 0 Å². The first-order valence-corrected chi connectivity index (χ1v) is 3.37. The SMILES string of the molecule is NOCc1ccc(F)cc1Cl. The summed E-state index contributed by atoms with van der Waals surface area (Å²) in [5.74, 6) is 4.45.